The maximum atomic E-state index is 11.7. The van der Waals surface area contributed by atoms with Gasteiger partial charge in [0.15, 0.2) is 19.0 Å². The second-order valence-electron chi connectivity index (χ2n) is 6.06. The fourth-order valence-corrected chi connectivity index (χ4v) is 2.39. The van der Waals surface area contributed by atoms with Crippen molar-refractivity contribution in [2.75, 3.05) is 19.8 Å². The number of carbonyl (C=O) groups is 3. The van der Waals surface area contributed by atoms with Crippen LogP contribution in [0.15, 0.2) is 48.5 Å². The van der Waals surface area contributed by atoms with Crippen molar-refractivity contribution in [3.8, 4) is 5.75 Å². The van der Waals surface area contributed by atoms with Gasteiger partial charge in [-0.25, -0.2) is 4.79 Å². The molecule has 1 N–H and O–H groups in total. The second kappa shape index (κ2) is 10.1. The summed E-state index contributed by atoms with van der Waals surface area (Å²) in [6, 6.07) is 14.4. The van der Waals surface area contributed by atoms with Crippen LogP contribution in [0, 0.1) is 6.92 Å². The van der Waals surface area contributed by atoms with E-state index in [0.717, 1.165) is 0 Å². The SMILES string of the molecule is CC(=O)c1ccc(OCC(=O)OCC(=O)NCCc2ccccc2C)cc1. The summed E-state index contributed by atoms with van der Waals surface area (Å²) < 4.78 is 10.2. The van der Waals surface area contributed by atoms with Crippen LogP contribution in [0.2, 0.25) is 0 Å². The van der Waals surface area contributed by atoms with Crippen LogP contribution in [0.25, 0.3) is 0 Å². The first-order valence-electron chi connectivity index (χ1n) is 8.66. The molecule has 0 saturated carbocycles. The highest BCUT2D eigenvalue weighted by Gasteiger charge is 2.09. The van der Waals surface area contributed by atoms with Gasteiger partial charge >= 0.3 is 5.97 Å². The molecular formula is C21H23NO5. The smallest absolute Gasteiger partial charge is 0.344 e. The lowest BCUT2D eigenvalue weighted by Crippen LogP contribution is -2.31. The molecule has 6 nitrogen and oxygen atoms in total. The van der Waals surface area contributed by atoms with Crippen molar-refractivity contribution in [3.05, 3.63) is 65.2 Å². The third kappa shape index (κ3) is 6.93. The zero-order chi connectivity index (χ0) is 19.6. The van der Waals surface area contributed by atoms with Crippen LogP contribution in [-0.2, 0) is 20.7 Å². The Hall–Kier alpha value is -3.15. The molecule has 0 aliphatic heterocycles. The van der Waals surface area contributed by atoms with Crippen molar-refractivity contribution in [3.63, 3.8) is 0 Å². The molecule has 0 aliphatic rings. The molecule has 0 aromatic heterocycles. The quantitative estimate of drug-likeness (QED) is 0.542. The first-order chi connectivity index (χ1) is 13.0. The van der Waals surface area contributed by atoms with E-state index in [9.17, 15) is 14.4 Å². The highest BCUT2D eigenvalue weighted by molar-refractivity contribution is 5.94. The number of hydrogen-bond donors (Lipinski definition) is 1. The van der Waals surface area contributed by atoms with E-state index in [2.05, 4.69) is 5.32 Å². The topological polar surface area (TPSA) is 81.7 Å². The van der Waals surface area contributed by atoms with Gasteiger partial charge in [0.2, 0.25) is 0 Å². The van der Waals surface area contributed by atoms with Gasteiger partial charge in [-0.1, -0.05) is 24.3 Å². The molecule has 2 aromatic rings. The lowest BCUT2D eigenvalue weighted by molar-refractivity contribution is -0.150. The van der Waals surface area contributed by atoms with E-state index < -0.39 is 5.97 Å². The van der Waals surface area contributed by atoms with Gasteiger partial charge in [0.05, 0.1) is 0 Å². The maximum absolute atomic E-state index is 11.7. The van der Waals surface area contributed by atoms with Crippen LogP contribution in [0.5, 0.6) is 5.75 Å². The van der Waals surface area contributed by atoms with E-state index in [4.69, 9.17) is 9.47 Å². The zero-order valence-electron chi connectivity index (χ0n) is 15.5. The highest BCUT2D eigenvalue weighted by Crippen LogP contribution is 2.12. The molecular weight excluding hydrogens is 346 g/mol. The number of amides is 1. The maximum Gasteiger partial charge on any atom is 0.344 e. The molecule has 0 radical (unpaired) electrons. The number of nitrogens with one attached hydrogen (secondary N) is 1. The van der Waals surface area contributed by atoms with Crippen LogP contribution in [0.1, 0.15) is 28.4 Å². The van der Waals surface area contributed by atoms with E-state index in [0.29, 0.717) is 24.3 Å². The number of hydrogen-bond acceptors (Lipinski definition) is 5. The summed E-state index contributed by atoms with van der Waals surface area (Å²) >= 11 is 0. The summed E-state index contributed by atoms with van der Waals surface area (Å²) in [5, 5.41) is 2.72. The van der Waals surface area contributed by atoms with Crippen LogP contribution in [0.3, 0.4) is 0 Å². The molecule has 2 rings (SSSR count). The van der Waals surface area contributed by atoms with Crippen molar-refractivity contribution in [2.45, 2.75) is 20.3 Å². The summed E-state index contributed by atoms with van der Waals surface area (Å²) in [5.41, 5.74) is 2.90. The van der Waals surface area contributed by atoms with Gasteiger partial charge in [-0.05, 0) is 55.7 Å². The van der Waals surface area contributed by atoms with Gasteiger partial charge in [-0.15, -0.1) is 0 Å². The summed E-state index contributed by atoms with van der Waals surface area (Å²) in [6.45, 7) is 3.31. The van der Waals surface area contributed by atoms with Crippen molar-refractivity contribution >= 4 is 17.7 Å². The molecule has 27 heavy (non-hydrogen) atoms. The third-order valence-corrected chi connectivity index (χ3v) is 3.96. The Morgan fingerprint density at radius 3 is 2.33 bits per heavy atom. The Labute approximate surface area is 158 Å². The molecule has 0 unspecified atom stereocenters. The van der Waals surface area contributed by atoms with E-state index in [1.54, 1.807) is 24.3 Å². The molecule has 0 spiro atoms. The Bertz CT molecular complexity index is 798. The summed E-state index contributed by atoms with van der Waals surface area (Å²) in [6.07, 6.45) is 0.714. The van der Waals surface area contributed by atoms with Crippen molar-refractivity contribution in [1.82, 2.24) is 5.32 Å². The van der Waals surface area contributed by atoms with E-state index in [-0.39, 0.29) is 24.9 Å². The van der Waals surface area contributed by atoms with Crippen LogP contribution in [0.4, 0.5) is 0 Å². The summed E-state index contributed by atoms with van der Waals surface area (Å²) in [5.74, 6) is -0.600. The number of Topliss-reactive ketones (excluding diaryl/α,β-unsaturated/α-hetero) is 1. The molecule has 2 aromatic carbocycles. The van der Waals surface area contributed by atoms with Crippen molar-refractivity contribution in [2.24, 2.45) is 0 Å². The predicted octanol–water partition coefficient (Wildman–Crippen LogP) is 2.48. The van der Waals surface area contributed by atoms with E-state index >= 15 is 0 Å². The fourth-order valence-electron chi connectivity index (χ4n) is 2.39. The monoisotopic (exact) mass is 369 g/mol. The number of esters is 1. The largest absolute Gasteiger partial charge is 0.482 e. The van der Waals surface area contributed by atoms with Crippen molar-refractivity contribution in [1.29, 1.82) is 0 Å². The number of benzene rings is 2. The van der Waals surface area contributed by atoms with Gasteiger partial charge in [-0.2, -0.15) is 0 Å². The number of carbonyl (C=O) groups excluding carboxylic acids is 3. The lowest BCUT2D eigenvalue weighted by atomic mass is 10.1. The zero-order valence-corrected chi connectivity index (χ0v) is 15.5. The highest BCUT2D eigenvalue weighted by atomic mass is 16.6. The number of ketones is 1. The Kier molecular flexibility index (Phi) is 7.55. The molecule has 0 heterocycles. The first kappa shape index (κ1) is 20.2. The van der Waals surface area contributed by atoms with E-state index in [1.807, 2.05) is 31.2 Å². The standard InChI is InChI=1S/C21H23NO5/c1-15-5-3-4-6-17(15)11-12-22-20(24)13-27-21(25)14-26-19-9-7-18(8-10-19)16(2)23/h3-10H,11-14H2,1-2H3,(H,22,24). The summed E-state index contributed by atoms with van der Waals surface area (Å²) in [7, 11) is 0. The molecule has 0 atom stereocenters. The minimum Gasteiger partial charge on any atom is -0.482 e. The average molecular weight is 369 g/mol. The summed E-state index contributed by atoms with van der Waals surface area (Å²) in [4.78, 5) is 34.6. The van der Waals surface area contributed by atoms with Gasteiger partial charge in [0, 0.05) is 12.1 Å². The van der Waals surface area contributed by atoms with Crippen LogP contribution < -0.4 is 10.1 Å². The number of aryl methyl sites for hydroxylation is 1. The molecule has 0 bridgehead atoms. The molecule has 0 saturated heterocycles. The minimum absolute atomic E-state index is 0.0469. The molecule has 0 aliphatic carbocycles. The Morgan fingerprint density at radius 2 is 1.67 bits per heavy atom. The van der Waals surface area contributed by atoms with Crippen LogP contribution >= 0.6 is 0 Å². The van der Waals surface area contributed by atoms with Crippen molar-refractivity contribution < 1.29 is 23.9 Å². The molecule has 1 amide bonds. The molecule has 0 fully saturated rings. The lowest BCUT2D eigenvalue weighted by Gasteiger charge is -2.09. The first-order valence-corrected chi connectivity index (χ1v) is 8.66. The van der Waals surface area contributed by atoms with Gasteiger partial charge in [-0.3, -0.25) is 9.59 Å². The van der Waals surface area contributed by atoms with Gasteiger partial charge in [0.25, 0.3) is 5.91 Å². The van der Waals surface area contributed by atoms with Gasteiger partial charge in [0.1, 0.15) is 5.75 Å². The normalized spacial score (nSPS) is 10.1. The minimum atomic E-state index is -0.639. The van der Waals surface area contributed by atoms with E-state index in [1.165, 1.54) is 18.1 Å². The number of rotatable bonds is 9. The second-order valence-corrected chi connectivity index (χ2v) is 6.06. The average Bonchev–Trinajstić information content (AvgIpc) is 2.66. The number of ether oxygens (including phenoxy) is 2. The third-order valence-electron chi connectivity index (χ3n) is 3.96. The Balaban J connectivity index is 1.63. The predicted molar refractivity (Wildman–Crippen MR) is 101 cm³/mol. The Morgan fingerprint density at radius 1 is 0.963 bits per heavy atom. The fraction of sp³-hybridized carbons (Fsp3) is 0.286. The van der Waals surface area contributed by atoms with Gasteiger partial charge < -0.3 is 14.8 Å². The van der Waals surface area contributed by atoms with Crippen LogP contribution in [-0.4, -0.2) is 37.4 Å². The molecule has 6 heteroatoms. The molecule has 142 valence electrons.